The number of rotatable bonds is 4. The molecule has 0 saturated carbocycles. The van der Waals surface area contributed by atoms with Crippen molar-refractivity contribution in [1.29, 1.82) is 0 Å². The van der Waals surface area contributed by atoms with Crippen LogP contribution in [0.25, 0.3) is 0 Å². The van der Waals surface area contributed by atoms with Crippen molar-refractivity contribution in [3.05, 3.63) is 36.9 Å². The van der Waals surface area contributed by atoms with Gasteiger partial charge in [-0.15, -0.1) is 0 Å². The van der Waals surface area contributed by atoms with Crippen LogP contribution in [-0.2, 0) is 10.2 Å². The molecule has 104 valence electrons. The van der Waals surface area contributed by atoms with E-state index in [-0.39, 0.29) is 11.9 Å². The number of hydrogen-bond acceptors (Lipinski definition) is 7. The average molecular weight is 295 g/mol. The second-order valence-electron chi connectivity index (χ2n) is 3.31. The standard InChI is InChI=1S/C9H9N7O3S/c17-9(14-7-10-3-1-4-11-7)16-20(18,19)15-8-12-5-2-6-13-8/h1-6H,(H,12,13,15)(H2,10,11,14,16,17). The third kappa shape index (κ3) is 4.13. The van der Waals surface area contributed by atoms with Gasteiger partial charge in [0, 0.05) is 24.8 Å². The third-order valence-corrected chi connectivity index (χ3v) is 2.72. The first kappa shape index (κ1) is 13.6. The Bertz CT molecular complexity index is 677. The summed E-state index contributed by atoms with van der Waals surface area (Å²) in [6.07, 6.45) is 5.49. The summed E-state index contributed by atoms with van der Waals surface area (Å²) in [4.78, 5) is 26.2. The minimum absolute atomic E-state index is 0.0313. The Morgan fingerprint density at radius 2 is 1.40 bits per heavy atom. The maximum absolute atomic E-state index is 11.6. The number of nitrogens with zero attached hydrogens (tertiary/aromatic N) is 4. The summed E-state index contributed by atoms with van der Waals surface area (Å²) in [5.74, 6) is -0.195. The predicted octanol–water partition coefficient (Wildman–Crippen LogP) is -0.255. The number of anilines is 2. The summed E-state index contributed by atoms with van der Waals surface area (Å²) in [6, 6.07) is 2.05. The van der Waals surface area contributed by atoms with Crippen molar-refractivity contribution < 1.29 is 13.2 Å². The maximum Gasteiger partial charge on any atom is 0.336 e. The van der Waals surface area contributed by atoms with Gasteiger partial charge in [0.1, 0.15) is 0 Å². The molecule has 0 aliphatic heterocycles. The molecule has 10 nitrogen and oxygen atoms in total. The van der Waals surface area contributed by atoms with Gasteiger partial charge >= 0.3 is 16.2 Å². The molecule has 0 aliphatic rings. The lowest BCUT2D eigenvalue weighted by Crippen LogP contribution is -2.38. The fourth-order valence-electron chi connectivity index (χ4n) is 1.11. The zero-order valence-electron chi connectivity index (χ0n) is 9.89. The number of urea groups is 1. The van der Waals surface area contributed by atoms with Gasteiger partial charge in [0.25, 0.3) is 0 Å². The summed E-state index contributed by atoms with van der Waals surface area (Å²) in [5.41, 5.74) is 0. The lowest BCUT2D eigenvalue weighted by molar-refractivity contribution is 0.256. The second-order valence-corrected chi connectivity index (χ2v) is 4.72. The van der Waals surface area contributed by atoms with Gasteiger partial charge in [-0.3, -0.25) is 5.32 Å². The van der Waals surface area contributed by atoms with Crippen LogP contribution in [0.1, 0.15) is 0 Å². The molecule has 0 bridgehead atoms. The Balaban J connectivity index is 1.96. The third-order valence-electron chi connectivity index (χ3n) is 1.81. The summed E-state index contributed by atoms with van der Waals surface area (Å²) < 4.78 is 26.9. The molecule has 0 atom stereocenters. The van der Waals surface area contributed by atoms with E-state index in [1.54, 1.807) is 10.8 Å². The molecule has 0 radical (unpaired) electrons. The van der Waals surface area contributed by atoms with Gasteiger partial charge in [-0.05, 0) is 12.1 Å². The van der Waals surface area contributed by atoms with E-state index < -0.39 is 16.2 Å². The van der Waals surface area contributed by atoms with Gasteiger partial charge < -0.3 is 0 Å². The molecule has 2 aromatic rings. The zero-order chi connectivity index (χ0) is 14.4. The highest BCUT2D eigenvalue weighted by molar-refractivity contribution is 7.91. The van der Waals surface area contributed by atoms with Crippen LogP contribution < -0.4 is 14.8 Å². The monoisotopic (exact) mass is 295 g/mol. The Hall–Kier alpha value is -2.82. The number of nitrogens with one attached hydrogen (secondary N) is 3. The van der Waals surface area contributed by atoms with E-state index in [0.29, 0.717) is 0 Å². The predicted molar refractivity (Wildman–Crippen MR) is 68.8 cm³/mol. The fourth-order valence-corrected chi connectivity index (χ4v) is 1.80. The largest absolute Gasteiger partial charge is 0.336 e. The fraction of sp³-hybridized carbons (Fsp3) is 0. The van der Waals surface area contributed by atoms with Crippen LogP contribution in [0.2, 0.25) is 0 Å². The lowest BCUT2D eigenvalue weighted by atomic mass is 10.7. The molecule has 20 heavy (non-hydrogen) atoms. The average Bonchev–Trinajstić information content (AvgIpc) is 2.39. The number of hydrogen-bond donors (Lipinski definition) is 3. The van der Waals surface area contributed by atoms with E-state index in [2.05, 4.69) is 25.3 Å². The highest BCUT2D eigenvalue weighted by atomic mass is 32.2. The maximum atomic E-state index is 11.6. The molecule has 2 aromatic heterocycles. The Labute approximate surface area is 113 Å². The Kier molecular flexibility index (Phi) is 4.00. The molecule has 11 heteroatoms. The van der Waals surface area contributed by atoms with Crippen molar-refractivity contribution in [2.45, 2.75) is 0 Å². The number of amides is 2. The van der Waals surface area contributed by atoms with Crippen molar-refractivity contribution in [3.63, 3.8) is 0 Å². The molecule has 0 fully saturated rings. The van der Waals surface area contributed by atoms with E-state index in [9.17, 15) is 13.2 Å². The minimum Gasteiger partial charge on any atom is -0.275 e. The van der Waals surface area contributed by atoms with Gasteiger partial charge in [-0.2, -0.15) is 8.42 Å². The summed E-state index contributed by atoms with van der Waals surface area (Å²) in [6.45, 7) is 0. The van der Waals surface area contributed by atoms with Gasteiger partial charge in [-0.1, -0.05) is 0 Å². The van der Waals surface area contributed by atoms with Crippen LogP contribution in [-0.4, -0.2) is 34.4 Å². The topological polar surface area (TPSA) is 139 Å². The lowest BCUT2D eigenvalue weighted by Gasteiger charge is -2.08. The molecule has 0 aliphatic carbocycles. The Morgan fingerprint density at radius 3 is 1.95 bits per heavy atom. The van der Waals surface area contributed by atoms with E-state index in [1.807, 2.05) is 4.72 Å². The molecular weight excluding hydrogens is 286 g/mol. The van der Waals surface area contributed by atoms with E-state index in [0.717, 1.165) is 0 Å². The van der Waals surface area contributed by atoms with E-state index in [1.165, 1.54) is 30.9 Å². The van der Waals surface area contributed by atoms with Crippen LogP contribution in [0, 0.1) is 0 Å². The molecule has 0 spiro atoms. The van der Waals surface area contributed by atoms with Gasteiger partial charge in [0.05, 0.1) is 0 Å². The smallest absolute Gasteiger partial charge is 0.275 e. The van der Waals surface area contributed by atoms with E-state index >= 15 is 0 Å². The molecule has 3 N–H and O–H groups in total. The zero-order valence-corrected chi connectivity index (χ0v) is 10.7. The van der Waals surface area contributed by atoms with Crippen LogP contribution in [0.15, 0.2) is 36.9 Å². The number of carbonyl (C=O) groups is 1. The van der Waals surface area contributed by atoms with Gasteiger partial charge in [0.2, 0.25) is 11.9 Å². The molecule has 2 rings (SSSR count). The van der Waals surface area contributed by atoms with E-state index in [4.69, 9.17) is 0 Å². The minimum atomic E-state index is -4.15. The first-order chi connectivity index (χ1) is 9.55. The van der Waals surface area contributed by atoms with Crippen LogP contribution in [0.5, 0.6) is 0 Å². The van der Waals surface area contributed by atoms with Crippen molar-refractivity contribution in [2.24, 2.45) is 0 Å². The molecule has 2 amide bonds. The van der Waals surface area contributed by atoms with Gasteiger partial charge in [0.15, 0.2) is 0 Å². The second kappa shape index (κ2) is 5.88. The SMILES string of the molecule is O=C(Nc1ncccn1)NS(=O)(=O)Nc1ncccn1. The summed E-state index contributed by atoms with van der Waals surface area (Å²) in [7, 11) is -4.15. The molecule has 0 saturated heterocycles. The molecular formula is C9H9N7O3S. The van der Waals surface area contributed by atoms with Crippen LogP contribution in [0.4, 0.5) is 16.7 Å². The van der Waals surface area contributed by atoms with Crippen LogP contribution >= 0.6 is 0 Å². The van der Waals surface area contributed by atoms with Crippen molar-refractivity contribution in [3.8, 4) is 0 Å². The first-order valence-electron chi connectivity index (χ1n) is 5.21. The molecule has 0 aromatic carbocycles. The molecule has 0 unspecified atom stereocenters. The quantitative estimate of drug-likeness (QED) is 0.706. The summed E-state index contributed by atoms with van der Waals surface area (Å²) in [5, 5.41) is 2.15. The van der Waals surface area contributed by atoms with Crippen molar-refractivity contribution in [1.82, 2.24) is 24.7 Å². The number of aromatic nitrogens is 4. The van der Waals surface area contributed by atoms with Crippen LogP contribution in [0.3, 0.4) is 0 Å². The summed E-state index contributed by atoms with van der Waals surface area (Å²) >= 11 is 0. The highest BCUT2D eigenvalue weighted by Crippen LogP contribution is 1.98. The first-order valence-corrected chi connectivity index (χ1v) is 6.69. The highest BCUT2D eigenvalue weighted by Gasteiger charge is 2.16. The Morgan fingerprint density at radius 1 is 0.900 bits per heavy atom. The van der Waals surface area contributed by atoms with Gasteiger partial charge in [-0.25, -0.2) is 34.2 Å². The number of carbonyl (C=O) groups excluding carboxylic acids is 1. The molecule has 2 heterocycles. The van der Waals surface area contributed by atoms with Crippen molar-refractivity contribution in [2.75, 3.05) is 10.0 Å². The van der Waals surface area contributed by atoms with Crippen molar-refractivity contribution >= 4 is 28.1 Å². The normalized spacial score (nSPS) is 10.6.